The van der Waals surface area contributed by atoms with Crippen LogP contribution in [0.4, 0.5) is 0 Å². The van der Waals surface area contributed by atoms with E-state index in [0.717, 1.165) is 44.9 Å². The predicted octanol–water partition coefficient (Wildman–Crippen LogP) is 6.72. The Morgan fingerprint density at radius 1 is 1.04 bits per heavy atom. The average Bonchev–Trinajstić information content (AvgIpc) is 2.92. The van der Waals surface area contributed by atoms with Crippen molar-refractivity contribution in [3.63, 3.8) is 0 Å². The Labute approximate surface area is 171 Å². The highest BCUT2D eigenvalue weighted by molar-refractivity contribution is 7.99. The van der Waals surface area contributed by atoms with E-state index < -0.39 is 0 Å². The van der Waals surface area contributed by atoms with Gasteiger partial charge < -0.3 is 4.74 Å². The maximum absolute atomic E-state index is 12.2. The standard InChI is InChI=1S/C23H42O3S/c1-5-6-7-10-13-18-27-21-17-16-20(24)19(21)14-11-8-9-12-15-22(25)26-23(2,3)4/h19,21H,5-18H2,1-4H3. The highest BCUT2D eigenvalue weighted by Gasteiger charge is 2.33. The van der Waals surface area contributed by atoms with Gasteiger partial charge in [-0.1, -0.05) is 51.9 Å². The molecule has 0 aromatic rings. The highest BCUT2D eigenvalue weighted by atomic mass is 32.2. The van der Waals surface area contributed by atoms with Gasteiger partial charge in [-0.05, 0) is 52.2 Å². The molecule has 4 heteroatoms. The lowest BCUT2D eigenvalue weighted by molar-refractivity contribution is -0.154. The number of carbonyl (C=O) groups excluding carboxylic acids is 2. The van der Waals surface area contributed by atoms with Crippen LogP contribution in [-0.4, -0.2) is 28.4 Å². The smallest absolute Gasteiger partial charge is 0.306 e. The Hall–Kier alpha value is -0.510. The number of thioether (sulfide) groups is 1. The van der Waals surface area contributed by atoms with Crippen molar-refractivity contribution in [3.05, 3.63) is 0 Å². The molecule has 0 N–H and O–H groups in total. The number of ether oxygens (including phenoxy) is 1. The Morgan fingerprint density at radius 3 is 2.41 bits per heavy atom. The lowest BCUT2D eigenvalue weighted by atomic mass is 9.98. The van der Waals surface area contributed by atoms with Crippen LogP contribution >= 0.6 is 11.8 Å². The van der Waals surface area contributed by atoms with Crippen LogP contribution in [0.3, 0.4) is 0 Å². The second kappa shape index (κ2) is 13.6. The van der Waals surface area contributed by atoms with Gasteiger partial charge in [-0.15, -0.1) is 0 Å². The van der Waals surface area contributed by atoms with Crippen LogP contribution in [0.2, 0.25) is 0 Å². The minimum atomic E-state index is -0.386. The van der Waals surface area contributed by atoms with E-state index in [1.807, 2.05) is 32.5 Å². The van der Waals surface area contributed by atoms with E-state index in [0.29, 0.717) is 17.5 Å². The summed E-state index contributed by atoms with van der Waals surface area (Å²) >= 11 is 2.05. The molecular weight excluding hydrogens is 356 g/mol. The summed E-state index contributed by atoms with van der Waals surface area (Å²) < 4.78 is 5.34. The maximum Gasteiger partial charge on any atom is 0.306 e. The molecule has 0 aromatic carbocycles. The van der Waals surface area contributed by atoms with Crippen molar-refractivity contribution in [3.8, 4) is 0 Å². The van der Waals surface area contributed by atoms with Gasteiger partial charge in [0.25, 0.3) is 0 Å². The summed E-state index contributed by atoms with van der Waals surface area (Å²) in [6.07, 6.45) is 14.2. The number of carbonyl (C=O) groups is 2. The second-order valence-electron chi connectivity index (χ2n) is 8.97. The van der Waals surface area contributed by atoms with Crippen molar-refractivity contribution in [2.75, 3.05) is 5.75 Å². The number of hydrogen-bond acceptors (Lipinski definition) is 4. The zero-order valence-corrected chi connectivity index (χ0v) is 19.0. The van der Waals surface area contributed by atoms with Crippen LogP contribution in [0.15, 0.2) is 0 Å². The molecule has 158 valence electrons. The van der Waals surface area contributed by atoms with E-state index in [1.165, 1.54) is 37.9 Å². The first kappa shape index (κ1) is 24.5. The van der Waals surface area contributed by atoms with Crippen LogP contribution in [0.5, 0.6) is 0 Å². The Kier molecular flexibility index (Phi) is 12.4. The molecule has 0 radical (unpaired) electrons. The molecule has 0 spiro atoms. The zero-order chi connectivity index (χ0) is 20.1. The summed E-state index contributed by atoms with van der Waals surface area (Å²) in [5.41, 5.74) is -0.386. The van der Waals surface area contributed by atoms with E-state index in [9.17, 15) is 9.59 Å². The van der Waals surface area contributed by atoms with Gasteiger partial charge in [-0.25, -0.2) is 0 Å². The maximum atomic E-state index is 12.2. The molecule has 2 unspecified atom stereocenters. The third-order valence-electron chi connectivity index (χ3n) is 5.18. The van der Waals surface area contributed by atoms with Gasteiger partial charge in [-0.2, -0.15) is 11.8 Å². The van der Waals surface area contributed by atoms with Crippen LogP contribution in [-0.2, 0) is 14.3 Å². The van der Waals surface area contributed by atoms with Crippen molar-refractivity contribution in [2.45, 2.75) is 122 Å². The van der Waals surface area contributed by atoms with Crippen molar-refractivity contribution < 1.29 is 14.3 Å². The molecule has 1 fully saturated rings. The van der Waals surface area contributed by atoms with Gasteiger partial charge >= 0.3 is 5.97 Å². The lowest BCUT2D eigenvalue weighted by Gasteiger charge is -2.19. The van der Waals surface area contributed by atoms with E-state index in [4.69, 9.17) is 4.74 Å². The molecule has 1 aliphatic carbocycles. The van der Waals surface area contributed by atoms with Gasteiger partial charge in [-0.3, -0.25) is 9.59 Å². The van der Waals surface area contributed by atoms with Crippen LogP contribution in [0.25, 0.3) is 0 Å². The lowest BCUT2D eigenvalue weighted by Crippen LogP contribution is -2.23. The number of rotatable bonds is 14. The van der Waals surface area contributed by atoms with Crippen molar-refractivity contribution >= 4 is 23.5 Å². The molecule has 0 amide bonds. The summed E-state index contributed by atoms with van der Waals surface area (Å²) in [6, 6.07) is 0. The van der Waals surface area contributed by atoms with Crippen LogP contribution in [0, 0.1) is 5.92 Å². The third kappa shape index (κ3) is 11.8. The van der Waals surface area contributed by atoms with E-state index in [1.54, 1.807) is 0 Å². The molecule has 1 rings (SSSR count). The first-order chi connectivity index (χ1) is 12.8. The summed E-state index contributed by atoms with van der Waals surface area (Å²) in [5, 5.41) is 0.561. The number of unbranched alkanes of at least 4 members (excludes halogenated alkanes) is 7. The van der Waals surface area contributed by atoms with Crippen LogP contribution < -0.4 is 0 Å². The molecule has 0 heterocycles. The molecule has 0 saturated heterocycles. The minimum absolute atomic E-state index is 0.0936. The van der Waals surface area contributed by atoms with E-state index in [-0.39, 0.29) is 17.5 Å². The van der Waals surface area contributed by atoms with Crippen molar-refractivity contribution in [1.82, 2.24) is 0 Å². The molecule has 1 saturated carbocycles. The SMILES string of the molecule is CCCCCCCSC1CCC(=O)C1CCCCCCC(=O)OC(C)(C)C. The second-order valence-corrected chi connectivity index (χ2v) is 10.3. The van der Waals surface area contributed by atoms with Gasteiger partial charge in [0.15, 0.2) is 0 Å². The monoisotopic (exact) mass is 398 g/mol. The fourth-order valence-corrected chi connectivity index (χ4v) is 5.22. The van der Waals surface area contributed by atoms with Crippen LogP contribution in [0.1, 0.15) is 111 Å². The van der Waals surface area contributed by atoms with Crippen molar-refractivity contribution in [1.29, 1.82) is 0 Å². The molecule has 0 aromatic heterocycles. The van der Waals surface area contributed by atoms with Crippen molar-refractivity contribution in [2.24, 2.45) is 5.92 Å². The molecule has 3 nitrogen and oxygen atoms in total. The predicted molar refractivity (Wildman–Crippen MR) is 116 cm³/mol. The normalized spacial score (nSPS) is 20.2. The average molecular weight is 399 g/mol. The Bertz CT molecular complexity index is 428. The molecular formula is C23H42O3S. The van der Waals surface area contributed by atoms with E-state index in [2.05, 4.69) is 6.92 Å². The summed E-state index contributed by atoms with van der Waals surface area (Å²) in [5.74, 6) is 1.90. The third-order valence-corrected chi connectivity index (χ3v) is 6.70. The number of Topliss-reactive ketones (excluding diaryl/α,β-unsaturated/α-hetero) is 1. The fraction of sp³-hybridized carbons (Fsp3) is 0.913. The molecule has 1 aliphatic rings. The van der Waals surface area contributed by atoms with E-state index >= 15 is 0 Å². The fourth-order valence-electron chi connectivity index (χ4n) is 3.74. The molecule has 2 atom stereocenters. The van der Waals surface area contributed by atoms with Gasteiger partial charge in [0.2, 0.25) is 0 Å². The number of hydrogen-bond donors (Lipinski definition) is 0. The summed E-state index contributed by atoms with van der Waals surface area (Å²) in [4.78, 5) is 23.9. The quantitative estimate of drug-likeness (QED) is 0.241. The summed E-state index contributed by atoms with van der Waals surface area (Å²) in [7, 11) is 0. The number of ketones is 1. The first-order valence-electron chi connectivity index (χ1n) is 11.2. The largest absolute Gasteiger partial charge is 0.460 e. The zero-order valence-electron chi connectivity index (χ0n) is 18.2. The first-order valence-corrected chi connectivity index (χ1v) is 12.2. The topological polar surface area (TPSA) is 43.4 Å². The minimum Gasteiger partial charge on any atom is -0.460 e. The Morgan fingerprint density at radius 2 is 1.70 bits per heavy atom. The molecule has 27 heavy (non-hydrogen) atoms. The molecule has 0 bridgehead atoms. The molecule has 0 aliphatic heterocycles. The Balaban J connectivity index is 2.11. The van der Waals surface area contributed by atoms with Gasteiger partial charge in [0.1, 0.15) is 11.4 Å². The highest BCUT2D eigenvalue weighted by Crippen LogP contribution is 2.36. The summed E-state index contributed by atoms with van der Waals surface area (Å²) in [6.45, 7) is 7.97. The van der Waals surface area contributed by atoms with Gasteiger partial charge in [0.05, 0.1) is 0 Å². The number of esters is 1. The van der Waals surface area contributed by atoms with Gasteiger partial charge in [0, 0.05) is 24.0 Å².